The van der Waals surface area contributed by atoms with Crippen molar-refractivity contribution in [3.8, 4) is 0 Å². The van der Waals surface area contributed by atoms with Gasteiger partial charge in [0.1, 0.15) is 0 Å². The van der Waals surface area contributed by atoms with Crippen LogP contribution in [0.3, 0.4) is 0 Å². The van der Waals surface area contributed by atoms with Crippen LogP contribution in [0.15, 0.2) is 0 Å². The summed E-state index contributed by atoms with van der Waals surface area (Å²) >= 11 is 0. The molecular formula is C14H29N. The molecule has 0 aromatic carbocycles. The lowest BCUT2D eigenvalue weighted by atomic mass is 9.83. The Morgan fingerprint density at radius 1 is 1.20 bits per heavy atom. The highest BCUT2D eigenvalue weighted by atomic mass is 14.9. The second-order valence-corrected chi connectivity index (χ2v) is 5.68. The molecule has 15 heavy (non-hydrogen) atoms. The first-order valence-electron chi connectivity index (χ1n) is 6.93. The Morgan fingerprint density at radius 3 is 2.47 bits per heavy atom. The molecule has 1 saturated carbocycles. The predicted octanol–water partition coefficient (Wildman–Crippen LogP) is 3.84. The van der Waals surface area contributed by atoms with Gasteiger partial charge in [-0.15, -0.1) is 0 Å². The molecule has 0 radical (unpaired) electrons. The molecule has 1 rings (SSSR count). The molecule has 1 aliphatic carbocycles. The molecule has 90 valence electrons. The van der Waals surface area contributed by atoms with Crippen LogP contribution < -0.4 is 5.32 Å². The minimum atomic E-state index is 0.859. The molecule has 0 aromatic heterocycles. The van der Waals surface area contributed by atoms with Gasteiger partial charge in [0.15, 0.2) is 0 Å². The van der Waals surface area contributed by atoms with Crippen molar-refractivity contribution >= 4 is 0 Å². The average molecular weight is 211 g/mol. The van der Waals surface area contributed by atoms with Gasteiger partial charge in [0.25, 0.3) is 0 Å². The van der Waals surface area contributed by atoms with Gasteiger partial charge in [0.05, 0.1) is 0 Å². The van der Waals surface area contributed by atoms with Crippen molar-refractivity contribution < 1.29 is 0 Å². The summed E-state index contributed by atoms with van der Waals surface area (Å²) in [7, 11) is 0. The van der Waals surface area contributed by atoms with Crippen molar-refractivity contribution in [1.82, 2.24) is 5.32 Å². The lowest BCUT2D eigenvalue weighted by Crippen LogP contribution is -2.29. The van der Waals surface area contributed by atoms with Crippen LogP contribution in [0.2, 0.25) is 0 Å². The van der Waals surface area contributed by atoms with E-state index in [0.29, 0.717) is 0 Å². The van der Waals surface area contributed by atoms with Gasteiger partial charge in [-0.05, 0) is 50.1 Å². The van der Waals surface area contributed by atoms with Crippen LogP contribution in [-0.4, -0.2) is 13.1 Å². The second-order valence-electron chi connectivity index (χ2n) is 5.68. The van der Waals surface area contributed by atoms with Gasteiger partial charge in [-0.25, -0.2) is 0 Å². The molecular weight excluding hydrogens is 182 g/mol. The SMILES string of the molecule is CCCC(C)CNCC1CCC(C)CC1. The maximum absolute atomic E-state index is 3.65. The molecule has 1 heteroatoms. The first-order valence-corrected chi connectivity index (χ1v) is 6.93. The fourth-order valence-electron chi connectivity index (χ4n) is 2.66. The quantitative estimate of drug-likeness (QED) is 0.704. The van der Waals surface area contributed by atoms with Gasteiger partial charge in [-0.3, -0.25) is 0 Å². The maximum atomic E-state index is 3.65. The molecule has 1 unspecified atom stereocenters. The predicted molar refractivity (Wildman–Crippen MR) is 68.1 cm³/mol. The van der Waals surface area contributed by atoms with E-state index in [-0.39, 0.29) is 0 Å². The van der Waals surface area contributed by atoms with Gasteiger partial charge in [-0.2, -0.15) is 0 Å². The molecule has 0 aromatic rings. The topological polar surface area (TPSA) is 12.0 Å². The number of hydrogen-bond donors (Lipinski definition) is 1. The maximum Gasteiger partial charge on any atom is -0.00204 e. The summed E-state index contributed by atoms with van der Waals surface area (Å²) in [6.07, 6.45) is 8.51. The van der Waals surface area contributed by atoms with Crippen LogP contribution in [-0.2, 0) is 0 Å². The molecule has 1 atom stereocenters. The summed E-state index contributed by atoms with van der Waals surface area (Å²) in [5, 5.41) is 3.65. The van der Waals surface area contributed by atoms with Gasteiger partial charge in [0, 0.05) is 0 Å². The summed E-state index contributed by atoms with van der Waals surface area (Å²) < 4.78 is 0. The fourth-order valence-corrected chi connectivity index (χ4v) is 2.66. The summed E-state index contributed by atoms with van der Waals surface area (Å²) in [4.78, 5) is 0. The highest BCUT2D eigenvalue weighted by Crippen LogP contribution is 2.27. The Hall–Kier alpha value is -0.0400. The normalized spacial score (nSPS) is 29.0. The van der Waals surface area contributed by atoms with Crippen molar-refractivity contribution in [3.63, 3.8) is 0 Å². The Balaban J connectivity index is 2.00. The minimum Gasteiger partial charge on any atom is -0.316 e. The van der Waals surface area contributed by atoms with E-state index in [1.807, 2.05) is 0 Å². The Morgan fingerprint density at radius 2 is 1.87 bits per heavy atom. The van der Waals surface area contributed by atoms with Crippen LogP contribution in [0.25, 0.3) is 0 Å². The summed E-state index contributed by atoms with van der Waals surface area (Å²) in [5.74, 6) is 2.81. The van der Waals surface area contributed by atoms with E-state index in [2.05, 4.69) is 26.1 Å². The molecule has 0 amide bonds. The van der Waals surface area contributed by atoms with Gasteiger partial charge in [-0.1, -0.05) is 40.0 Å². The molecule has 0 aliphatic heterocycles. The van der Waals surface area contributed by atoms with Crippen LogP contribution >= 0.6 is 0 Å². The molecule has 0 bridgehead atoms. The standard InChI is InChI=1S/C14H29N/c1-4-5-13(3)10-15-11-14-8-6-12(2)7-9-14/h12-15H,4-11H2,1-3H3. The van der Waals surface area contributed by atoms with Crippen LogP contribution in [0.5, 0.6) is 0 Å². The Kier molecular flexibility index (Phi) is 6.31. The number of hydrogen-bond acceptors (Lipinski definition) is 1. The van der Waals surface area contributed by atoms with E-state index in [0.717, 1.165) is 17.8 Å². The smallest absolute Gasteiger partial charge is 0.00204 e. The van der Waals surface area contributed by atoms with E-state index in [9.17, 15) is 0 Å². The minimum absolute atomic E-state index is 0.859. The van der Waals surface area contributed by atoms with Crippen molar-refractivity contribution in [2.45, 2.75) is 59.3 Å². The molecule has 1 nitrogen and oxygen atoms in total. The van der Waals surface area contributed by atoms with Crippen molar-refractivity contribution in [2.75, 3.05) is 13.1 Å². The monoisotopic (exact) mass is 211 g/mol. The van der Waals surface area contributed by atoms with E-state index in [4.69, 9.17) is 0 Å². The van der Waals surface area contributed by atoms with E-state index in [1.54, 1.807) is 0 Å². The van der Waals surface area contributed by atoms with Crippen LogP contribution in [0, 0.1) is 17.8 Å². The van der Waals surface area contributed by atoms with E-state index in [1.165, 1.54) is 51.6 Å². The van der Waals surface area contributed by atoms with Gasteiger partial charge < -0.3 is 5.32 Å². The van der Waals surface area contributed by atoms with Crippen molar-refractivity contribution in [1.29, 1.82) is 0 Å². The highest BCUT2D eigenvalue weighted by molar-refractivity contribution is 4.72. The highest BCUT2D eigenvalue weighted by Gasteiger charge is 2.17. The second kappa shape index (κ2) is 7.27. The molecule has 0 heterocycles. The average Bonchev–Trinajstić information content (AvgIpc) is 2.21. The molecule has 0 saturated heterocycles. The molecule has 1 N–H and O–H groups in total. The molecule has 1 fully saturated rings. The third-order valence-corrected chi connectivity index (χ3v) is 3.84. The molecule has 0 spiro atoms. The van der Waals surface area contributed by atoms with E-state index < -0.39 is 0 Å². The lowest BCUT2D eigenvalue weighted by Gasteiger charge is -2.26. The molecule has 1 aliphatic rings. The third-order valence-electron chi connectivity index (χ3n) is 3.84. The zero-order chi connectivity index (χ0) is 11.1. The fraction of sp³-hybridized carbons (Fsp3) is 1.00. The zero-order valence-corrected chi connectivity index (χ0v) is 10.9. The number of nitrogens with one attached hydrogen (secondary N) is 1. The third kappa shape index (κ3) is 5.55. The lowest BCUT2D eigenvalue weighted by molar-refractivity contribution is 0.277. The first kappa shape index (κ1) is 13.0. The Bertz CT molecular complexity index is 147. The Labute approximate surface area is 96.0 Å². The van der Waals surface area contributed by atoms with Gasteiger partial charge in [0.2, 0.25) is 0 Å². The summed E-state index contributed by atoms with van der Waals surface area (Å²) in [6.45, 7) is 9.52. The van der Waals surface area contributed by atoms with Crippen molar-refractivity contribution in [2.24, 2.45) is 17.8 Å². The van der Waals surface area contributed by atoms with Gasteiger partial charge >= 0.3 is 0 Å². The summed E-state index contributed by atoms with van der Waals surface area (Å²) in [6, 6.07) is 0. The summed E-state index contributed by atoms with van der Waals surface area (Å²) in [5.41, 5.74) is 0. The largest absolute Gasteiger partial charge is 0.316 e. The number of rotatable bonds is 6. The first-order chi connectivity index (χ1) is 7.22. The van der Waals surface area contributed by atoms with E-state index >= 15 is 0 Å². The van der Waals surface area contributed by atoms with Crippen molar-refractivity contribution in [3.05, 3.63) is 0 Å². The van der Waals surface area contributed by atoms with Crippen LogP contribution in [0.1, 0.15) is 59.3 Å². The zero-order valence-electron chi connectivity index (χ0n) is 10.9. The van der Waals surface area contributed by atoms with Crippen LogP contribution in [0.4, 0.5) is 0 Å².